The molecule has 3 heterocycles. The Labute approximate surface area is 112 Å². The van der Waals surface area contributed by atoms with Crippen molar-refractivity contribution < 1.29 is 4.74 Å². The van der Waals surface area contributed by atoms with Gasteiger partial charge in [0.2, 0.25) is 0 Å². The van der Waals surface area contributed by atoms with Gasteiger partial charge in [-0.1, -0.05) is 6.92 Å². The maximum absolute atomic E-state index is 5.71. The molecule has 0 aromatic heterocycles. The molecule has 0 spiro atoms. The van der Waals surface area contributed by atoms with Gasteiger partial charge in [0.1, 0.15) is 17.6 Å². The van der Waals surface area contributed by atoms with E-state index in [1.165, 1.54) is 0 Å². The first-order valence-corrected chi connectivity index (χ1v) is 6.87. The lowest BCUT2D eigenvalue weighted by Gasteiger charge is -2.20. The second-order valence-electron chi connectivity index (χ2n) is 4.63. The highest BCUT2D eigenvalue weighted by Crippen LogP contribution is 2.24. The third kappa shape index (κ3) is 2.21. The van der Waals surface area contributed by atoms with Gasteiger partial charge in [-0.05, 0) is 6.92 Å². The molecule has 6 heteroatoms. The van der Waals surface area contributed by atoms with E-state index in [0.29, 0.717) is 6.61 Å². The molecule has 0 bridgehead atoms. The monoisotopic (exact) mass is 261 g/mol. The van der Waals surface area contributed by atoms with Gasteiger partial charge in [0.05, 0.1) is 12.8 Å². The number of fused-ring (bicyclic) bond motifs is 1. The van der Waals surface area contributed by atoms with Gasteiger partial charge in [0.15, 0.2) is 11.6 Å². The summed E-state index contributed by atoms with van der Waals surface area (Å²) in [5.41, 5.74) is 0.850. The summed E-state index contributed by atoms with van der Waals surface area (Å²) in [6.45, 7) is 7.44. The molecule has 6 nitrogen and oxygen atoms in total. The smallest absolute Gasteiger partial charge is 0.163 e. The number of rotatable bonds is 3. The summed E-state index contributed by atoms with van der Waals surface area (Å²) in [7, 11) is 0. The van der Waals surface area contributed by atoms with Crippen molar-refractivity contribution in [1.82, 2.24) is 24.8 Å². The van der Waals surface area contributed by atoms with Crippen molar-refractivity contribution in [2.75, 3.05) is 19.7 Å². The lowest BCUT2D eigenvalue weighted by Crippen LogP contribution is -2.33. The van der Waals surface area contributed by atoms with E-state index in [9.17, 15) is 0 Å². The normalized spacial score (nSPS) is 20.0. The Morgan fingerprint density at radius 3 is 3.00 bits per heavy atom. The number of nitrogens with zero attached hydrogens (tertiary/aromatic N) is 4. The molecule has 1 N–H and O–H groups in total. The lowest BCUT2D eigenvalue weighted by molar-refractivity contribution is 0.0227. The van der Waals surface area contributed by atoms with Gasteiger partial charge in [0, 0.05) is 26.1 Å². The van der Waals surface area contributed by atoms with Gasteiger partial charge < -0.3 is 14.6 Å². The summed E-state index contributed by atoms with van der Waals surface area (Å²) in [4.78, 5) is 13.7. The van der Waals surface area contributed by atoms with Crippen molar-refractivity contribution in [1.29, 1.82) is 0 Å². The highest BCUT2D eigenvalue weighted by molar-refractivity contribution is 5.51. The van der Waals surface area contributed by atoms with E-state index in [1.54, 1.807) is 0 Å². The maximum atomic E-state index is 5.71. The molecule has 1 fully saturated rings. The number of hydrogen-bond donors (Lipinski definition) is 1. The SMILES string of the molecule is CCc1ncc2nc(C3CNCCO3)nc-2n1CC. The van der Waals surface area contributed by atoms with Crippen molar-refractivity contribution in [2.45, 2.75) is 32.9 Å². The fourth-order valence-electron chi connectivity index (χ4n) is 2.47. The summed E-state index contributed by atoms with van der Waals surface area (Å²) in [6, 6.07) is 0. The number of morpholine rings is 1. The van der Waals surface area contributed by atoms with Crippen LogP contribution in [0.3, 0.4) is 0 Å². The van der Waals surface area contributed by atoms with Crippen molar-refractivity contribution in [3.8, 4) is 11.5 Å². The summed E-state index contributed by atoms with van der Waals surface area (Å²) in [5, 5.41) is 3.30. The summed E-state index contributed by atoms with van der Waals surface area (Å²) < 4.78 is 7.83. The van der Waals surface area contributed by atoms with Crippen LogP contribution in [0.4, 0.5) is 0 Å². The predicted molar refractivity (Wildman–Crippen MR) is 71.1 cm³/mol. The van der Waals surface area contributed by atoms with Crippen LogP contribution in [0.25, 0.3) is 11.5 Å². The van der Waals surface area contributed by atoms with Crippen LogP contribution in [0.1, 0.15) is 31.6 Å². The third-order valence-corrected chi connectivity index (χ3v) is 3.44. The van der Waals surface area contributed by atoms with E-state index in [2.05, 4.69) is 38.7 Å². The molecule has 1 atom stereocenters. The van der Waals surface area contributed by atoms with Gasteiger partial charge in [-0.3, -0.25) is 0 Å². The first-order valence-electron chi connectivity index (χ1n) is 6.87. The third-order valence-electron chi connectivity index (χ3n) is 3.44. The van der Waals surface area contributed by atoms with Crippen molar-refractivity contribution in [2.24, 2.45) is 0 Å². The molecule has 0 aromatic rings. The minimum atomic E-state index is -0.0449. The van der Waals surface area contributed by atoms with E-state index in [4.69, 9.17) is 4.74 Å². The average Bonchev–Trinajstić information content (AvgIpc) is 2.91. The summed E-state index contributed by atoms with van der Waals surface area (Å²) in [5.74, 6) is 2.72. The minimum absolute atomic E-state index is 0.0449. The Kier molecular flexibility index (Phi) is 3.44. The quantitative estimate of drug-likeness (QED) is 0.893. The first kappa shape index (κ1) is 12.5. The van der Waals surface area contributed by atoms with Crippen molar-refractivity contribution in [3.63, 3.8) is 0 Å². The largest absolute Gasteiger partial charge is 0.368 e. The molecule has 3 aliphatic heterocycles. The fraction of sp³-hybridized carbons (Fsp3) is 0.615. The molecule has 3 aliphatic rings. The molecule has 1 saturated heterocycles. The molecule has 0 radical (unpaired) electrons. The molecular weight excluding hydrogens is 242 g/mol. The van der Waals surface area contributed by atoms with E-state index >= 15 is 0 Å². The highest BCUT2D eigenvalue weighted by atomic mass is 16.5. The molecule has 0 amide bonds. The van der Waals surface area contributed by atoms with E-state index in [0.717, 1.165) is 49.2 Å². The Balaban J connectivity index is 2.02. The van der Waals surface area contributed by atoms with Crippen LogP contribution in [-0.4, -0.2) is 39.2 Å². The van der Waals surface area contributed by atoms with Crippen LogP contribution < -0.4 is 5.32 Å². The minimum Gasteiger partial charge on any atom is -0.368 e. The molecule has 19 heavy (non-hydrogen) atoms. The molecule has 0 saturated carbocycles. The first-order chi connectivity index (χ1) is 9.33. The standard InChI is InChI=1S/C13H19N5O/c1-3-11-15-7-9-13(18(11)4-2)17-12(16-9)10-8-14-5-6-19-10/h7,10,14H,3-6,8H2,1-2H3. The maximum Gasteiger partial charge on any atom is 0.163 e. The zero-order valence-corrected chi connectivity index (χ0v) is 11.4. The number of ether oxygens (including phenoxy) is 1. The molecule has 1 unspecified atom stereocenters. The Morgan fingerprint density at radius 2 is 2.32 bits per heavy atom. The number of aromatic nitrogens is 4. The predicted octanol–water partition coefficient (Wildman–Crippen LogP) is 1.02. The average molecular weight is 261 g/mol. The second-order valence-corrected chi connectivity index (χ2v) is 4.63. The van der Waals surface area contributed by atoms with Gasteiger partial charge >= 0.3 is 0 Å². The Bertz CT molecular complexity index is 532. The number of aryl methyl sites for hydroxylation is 1. The van der Waals surface area contributed by atoms with Crippen LogP contribution in [-0.2, 0) is 17.7 Å². The zero-order chi connectivity index (χ0) is 13.2. The number of imidazole rings is 1. The van der Waals surface area contributed by atoms with Crippen LogP contribution in [0, 0.1) is 0 Å². The molecule has 0 aliphatic carbocycles. The molecule has 3 rings (SSSR count). The Morgan fingerprint density at radius 1 is 1.42 bits per heavy atom. The van der Waals surface area contributed by atoms with E-state index in [1.807, 2.05) is 6.20 Å². The number of nitrogens with one attached hydrogen (secondary N) is 1. The van der Waals surface area contributed by atoms with Crippen molar-refractivity contribution >= 4 is 0 Å². The van der Waals surface area contributed by atoms with Crippen molar-refractivity contribution in [3.05, 3.63) is 17.8 Å². The zero-order valence-electron chi connectivity index (χ0n) is 11.4. The van der Waals surface area contributed by atoms with Crippen LogP contribution in [0.15, 0.2) is 6.20 Å². The fourth-order valence-corrected chi connectivity index (χ4v) is 2.47. The second kappa shape index (κ2) is 5.22. The van der Waals surface area contributed by atoms with Gasteiger partial charge in [-0.15, -0.1) is 0 Å². The summed E-state index contributed by atoms with van der Waals surface area (Å²) >= 11 is 0. The lowest BCUT2D eigenvalue weighted by atomic mass is 10.3. The molecule has 0 aromatic carbocycles. The highest BCUT2D eigenvalue weighted by Gasteiger charge is 2.24. The van der Waals surface area contributed by atoms with Crippen LogP contribution >= 0.6 is 0 Å². The van der Waals surface area contributed by atoms with Gasteiger partial charge in [-0.25, -0.2) is 15.0 Å². The summed E-state index contributed by atoms with van der Waals surface area (Å²) in [6.07, 6.45) is 2.66. The van der Waals surface area contributed by atoms with Crippen LogP contribution in [0.5, 0.6) is 0 Å². The van der Waals surface area contributed by atoms with E-state index < -0.39 is 0 Å². The topological polar surface area (TPSA) is 64.9 Å². The van der Waals surface area contributed by atoms with E-state index in [-0.39, 0.29) is 6.10 Å². The Hall–Kier alpha value is -1.53. The molecular formula is C13H19N5O. The van der Waals surface area contributed by atoms with Crippen LogP contribution in [0.2, 0.25) is 0 Å². The van der Waals surface area contributed by atoms with Gasteiger partial charge in [0.25, 0.3) is 0 Å². The molecule has 102 valence electrons. The van der Waals surface area contributed by atoms with Gasteiger partial charge in [-0.2, -0.15) is 0 Å². The number of hydrogen-bond acceptors (Lipinski definition) is 5.